The number of aromatic carboxylic acids is 1. The van der Waals surface area contributed by atoms with E-state index in [0.717, 1.165) is 6.07 Å². The highest BCUT2D eigenvalue weighted by Gasteiger charge is 2.37. The number of aromatic nitrogens is 4. The molecule has 0 atom stereocenters. The van der Waals surface area contributed by atoms with E-state index in [4.69, 9.17) is 16.3 Å². The Kier molecular flexibility index (Phi) is 8.40. The average Bonchev–Trinajstić information content (AvgIpc) is 3.46. The third kappa shape index (κ3) is 5.74. The van der Waals surface area contributed by atoms with Gasteiger partial charge in [-0.3, -0.25) is 19.3 Å². The molecule has 1 N–H and O–H groups in total. The van der Waals surface area contributed by atoms with Crippen molar-refractivity contribution >= 4 is 50.0 Å². The topological polar surface area (TPSA) is 131 Å². The monoisotopic (exact) mass is 689 g/mol. The first-order valence-corrected chi connectivity index (χ1v) is 15.6. The van der Waals surface area contributed by atoms with Gasteiger partial charge in [-0.2, -0.15) is 18.4 Å². The Bertz CT molecular complexity index is 2400. The van der Waals surface area contributed by atoms with E-state index in [1.54, 1.807) is 50.2 Å². The van der Waals surface area contributed by atoms with Crippen LogP contribution >= 0.6 is 22.9 Å². The molecule has 14 heteroatoms. The van der Waals surface area contributed by atoms with Crippen molar-refractivity contribution in [3.63, 3.8) is 0 Å². The fourth-order valence-corrected chi connectivity index (χ4v) is 6.84. The van der Waals surface area contributed by atoms with Crippen LogP contribution < -0.4 is 10.3 Å². The standard InChI is InChI=1S/C34H23ClF3N5O4S/c1-16-5-4-8-40-29(16)27-22(14-39)28-25(13-24(27)34(36,37)38)42-18(3)43(32(28)44)9-10-47-26-7-6-19(35)12-20(26)21-11-17(2)41-30-23(33(45)46)15-48-31(21)30/h4-8,11-13,15H,9-10H2,1-3H3,(H,45,46). The number of pyridine rings is 2. The Hall–Kier alpha value is -5.32. The number of rotatable bonds is 7. The third-order valence-electron chi connectivity index (χ3n) is 7.79. The van der Waals surface area contributed by atoms with E-state index >= 15 is 0 Å². The second-order valence-electron chi connectivity index (χ2n) is 10.9. The molecule has 0 amide bonds. The van der Waals surface area contributed by atoms with Crippen LogP contribution in [-0.2, 0) is 12.7 Å². The molecule has 0 saturated heterocycles. The van der Waals surface area contributed by atoms with Crippen molar-refractivity contribution in [1.29, 1.82) is 5.26 Å². The maximum Gasteiger partial charge on any atom is 0.417 e. The number of fused-ring (bicyclic) bond motifs is 2. The Labute approximate surface area is 279 Å². The Morgan fingerprint density at radius 1 is 1.12 bits per heavy atom. The van der Waals surface area contributed by atoms with Gasteiger partial charge in [-0.25, -0.2) is 9.78 Å². The normalized spacial score (nSPS) is 11.6. The molecular weight excluding hydrogens is 667 g/mol. The lowest BCUT2D eigenvalue weighted by Gasteiger charge is -2.19. The van der Waals surface area contributed by atoms with E-state index in [2.05, 4.69) is 15.0 Å². The summed E-state index contributed by atoms with van der Waals surface area (Å²) in [6.45, 7) is 4.66. The Morgan fingerprint density at radius 2 is 1.90 bits per heavy atom. The van der Waals surface area contributed by atoms with Crippen molar-refractivity contribution in [1.82, 2.24) is 19.5 Å². The summed E-state index contributed by atoms with van der Waals surface area (Å²) in [6, 6.07) is 12.5. The van der Waals surface area contributed by atoms with Crippen LogP contribution in [0.3, 0.4) is 0 Å². The van der Waals surface area contributed by atoms with Gasteiger partial charge in [0.05, 0.1) is 50.0 Å². The Morgan fingerprint density at radius 3 is 2.58 bits per heavy atom. The van der Waals surface area contributed by atoms with Crippen LogP contribution in [-0.4, -0.2) is 37.2 Å². The number of benzene rings is 2. The smallest absolute Gasteiger partial charge is 0.417 e. The lowest BCUT2D eigenvalue weighted by molar-refractivity contribution is -0.137. The summed E-state index contributed by atoms with van der Waals surface area (Å²) in [5, 5.41) is 21.5. The average molecular weight is 690 g/mol. The molecule has 0 aliphatic carbocycles. The van der Waals surface area contributed by atoms with Crippen LogP contribution in [0.2, 0.25) is 5.02 Å². The molecular formula is C34H23ClF3N5O4S. The first-order valence-electron chi connectivity index (χ1n) is 14.3. The van der Waals surface area contributed by atoms with Gasteiger partial charge in [-0.05, 0) is 62.7 Å². The Balaban J connectivity index is 1.42. The number of carbonyl (C=O) groups is 1. The molecule has 0 fully saturated rings. The maximum atomic E-state index is 14.3. The molecule has 4 heterocycles. The molecule has 6 rings (SSSR count). The summed E-state index contributed by atoms with van der Waals surface area (Å²) < 4.78 is 51.0. The molecule has 0 radical (unpaired) electrons. The van der Waals surface area contributed by atoms with E-state index in [1.807, 2.05) is 6.07 Å². The molecule has 6 aromatic rings. The molecule has 0 unspecified atom stereocenters. The van der Waals surface area contributed by atoms with Crippen LogP contribution in [0.15, 0.2) is 58.8 Å². The highest BCUT2D eigenvalue weighted by atomic mass is 35.5. The van der Waals surface area contributed by atoms with Crippen molar-refractivity contribution in [2.24, 2.45) is 0 Å². The van der Waals surface area contributed by atoms with Crippen molar-refractivity contribution < 1.29 is 27.8 Å². The number of hydrogen-bond acceptors (Lipinski definition) is 8. The predicted molar refractivity (Wildman–Crippen MR) is 176 cm³/mol. The van der Waals surface area contributed by atoms with Gasteiger partial charge < -0.3 is 9.84 Å². The molecule has 0 bridgehead atoms. The number of nitriles is 1. The summed E-state index contributed by atoms with van der Waals surface area (Å²) in [4.78, 5) is 38.6. The van der Waals surface area contributed by atoms with Crippen molar-refractivity contribution in [3.8, 4) is 34.2 Å². The number of thiophene rings is 1. The third-order valence-corrected chi connectivity index (χ3v) is 9.02. The second-order valence-corrected chi connectivity index (χ2v) is 12.2. The van der Waals surface area contributed by atoms with Crippen molar-refractivity contribution in [2.45, 2.75) is 33.5 Å². The molecule has 2 aromatic carbocycles. The SMILES string of the molecule is Cc1cc(-c2cc(Cl)ccc2OCCn2c(C)nc3cc(C(F)(F)F)c(-c4ncccc4C)c(C#N)c3c2=O)c2scc(C(=O)O)c2n1. The van der Waals surface area contributed by atoms with Gasteiger partial charge in [0.1, 0.15) is 24.3 Å². The zero-order valence-corrected chi connectivity index (χ0v) is 27.0. The predicted octanol–water partition coefficient (Wildman–Crippen LogP) is 7.98. The van der Waals surface area contributed by atoms with Gasteiger partial charge in [0, 0.05) is 39.0 Å². The minimum atomic E-state index is -4.86. The first-order chi connectivity index (χ1) is 22.8. The zero-order chi connectivity index (χ0) is 34.5. The van der Waals surface area contributed by atoms with E-state index < -0.39 is 34.4 Å². The number of hydrogen-bond donors (Lipinski definition) is 1. The van der Waals surface area contributed by atoms with Gasteiger partial charge in [0.25, 0.3) is 5.56 Å². The molecule has 48 heavy (non-hydrogen) atoms. The summed E-state index contributed by atoms with van der Waals surface area (Å²) in [6.07, 6.45) is -3.53. The number of halogens is 4. The summed E-state index contributed by atoms with van der Waals surface area (Å²) >= 11 is 7.58. The molecule has 0 spiro atoms. The number of carboxylic acids is 1. The fraction of sp³-hybridized carbons (Fsp3) is 0.176. The number of aryl methyl sites for hydroxylation is 3. The number of nitrogens with zero attached hydrogens (tertiary/aromatic N) is 5. The van der Waals surface area contributed by atoms with E-state index in [-0.39, 0.29) is 41.1 Å². The van der Waals surface area contributed by atoms with Crippen LogP contribution in [0.25, 0.3) is 43.5 Å². The summed E-state index contributed by atoms with van der Waals surface area (Å²) in [5.41, 5.74) is -0.479. The molecule has 0 aliphatic heterocycles. The number of carboxylic acid groups (broad SMARTS) is 1. The molecule has 9 nitrogen and oxygen atoms in total. The van der Waals surface area contributed by atoms with Crippen LogP contribution in [0, 0.1) is 32.1 Å². The van der Waals surface area contributed by atoms with Crippen LogP contribution in [0.5, 0.6) is 5.75 Å². The molecule has 4 aromatic heterocycles. The molecule has 0 aliphatic rings. The number of alkyl halides is 3. The van der Waals surface area contributed by atoms with Crippen molar-refractivity contribution in [2.75, 3.05) is 6.61 Å². The zero-order valence-electron chi connectivity index (χ0n) is 25.4. The van der Waals surface area contributed by atoms with E-state index in [1.165, 1.54) is 34.4 Å². The van der Waals surface area contributed by atoms with Crippen LogP contribution in [0.4, 0.5) is 13.2 Å². The van der Waals surface area contributed by atoms with Gasteiger partial charge in [0.2, 0.25) is 0 Å². The van der Waals surface area contributed by atoms with Crippen molar-refractivity contribution in [3.05, 3.63) is 103 Å². The molecule has 242 valence electrons. The maximum absolute atomic E-state index is 14.3. The highest BCUT2D eigenvalue weighted by Crippen LogP contribution is 2.42. The summed E-state index contributed by atoms with van der Waals surface area (Å²) in [5.74, 6) is -0.594. The number of ether oxygens (including phenoxy) is 1. The van der Waals surface area contributed by atoms with Gasteiger partial charge >= 0.3 is 12.1 Å². The minimum absolute atomic E-state index is 0.0601. The largest absolute Gasteiger partial charge is 0.491 e. The van der Waals surface area contributed by atoms with E-state index in [0.29, 0.717) is 43.4 Å². The lowest BCUT2D eigenvalue weighted by atomic mass is 9.92. The van der Waals surface area contributed by atoms with Gasteiger partial charge in [-0.1, -0.05) is 17.7 Å². The van der Waals surface area contributed by atoms with E-state index in [9.17, 15) is 33.1 Å². The summed E-state index contributed by atoms with van der Waals surface area (Å²) in [7, 11) is 0. The minimum Gasteiger partial charge on any atom is -0.491 e. The van der Waals surface area contributed by atoms with Crippen LogP contribution in [0.1, 0.15) is 38.6 Å². The second kappa shape index (κ2) is 12.4. The lowest BCUT2D eigenvalue weighted by Crippen LogP contribution is -2.28. The molecule has 0 saturated carbocycles. The quantitative estimate of drug-likeness (QED) is 0.179. The van der Waals surface area contributed by atoms with Gasteiger partial charge in [-0.15, -0.1) is 11.3 Å². The fourth-order valence-electron chi connectivity index (χ4n) is 5.66. The first kappa shape index (κ1) is 32.6. The highest BCUT2D eigenvalue weighted by molar-refractivity contribution is 7.18. The van der Waals surface area contributed by atoms with Gasteiger partial charge in [0.15, 0.2) is 0 Å².